The van der Waals surface area contributed by atoms with Gasteiger partial charge in [0, 0.05) is 23.8 Å². The van der Waals surface area contributed by atoms with Gasteiger partial charge >= 0.3 is 0 Å². The van der Waals surface area contributed by atoms with Crippen LogP contribution in [0.1, 0.15) is 31.8 Å². The van der Waals surface area contributed by atoms with Crippen LogP contribution in [0.2, 0.25) is 5.02 Å². The van der Waals surface area contributed by atoms with Crippen molar-refractivity contribution in [1.29, 1.82) is 0 Å². The maximum Gasteiger partial charge on any atom is 0.257 e. The number of nitrogens with one attached hydrogen (secondary N) is 2. The number of aryl methyl sites for hydroxylation is 2. The third-order valence-electron chi connectivity index (χ3n) is 4.16. The van der Waals surface area contributed by atoms with Crippen molar-refractivity contribution < 1.29 is 14.0 Å². The number of pyridine rings is 1. The molecule has 0 saturated heterocycles. The van der Waals surface area contributed by atoms with Gasteiger partial charge in [-0.25, -0.2) is 4.39 Å². The second-order valence-corrected chi connectivity index (χ2v) is 6.67. The number of nitrogens with zero attached hydrogens (tertiary/aromatic N) is 1. The van der Waals surface area contributed by atoms with Crippen molar-refractivity contribution >= 4 is 34.8 Å². The van der Waals surface area contributed by atoms with E-state index in [1.165, 1.54) is 30.6 Å². The molecule has 0 saturated carbocycles. The van der Waals surface area contributed by atoms with Crippen LogP contribution in [-0.2, 0) is 0 Å². The third-order valence-corrected chi connectivity index (χ3v) is 4.45. The molecule has 3 aromatic rings. The fourth-order valence-electron chi connectivity index (χ4n) is 2.66. The second-order valence-electron chi connectivity index (χ2n) is 6.27. The maximum atomic E-state index is 13.2. The number of halogens is 2. The molecule has 0 atom stereocenters. The van der Waals surface area contributed by atoms with Crippen LogP contribution in [0.5, 0.6) is 0 Å². The topological polar surface area (TPSA) is 71.1 Å². The Labute approximate surface area is 166 Å². The molecule has 3 rings (SSSR count). The summed E-state index contributed by atoms with van der Waals surface area (Å²) in [6.07, 6.45) is 2.73. The normalized spacial score (nSPS) is 10.4. The molecule has 0 aliphatic carbocycles. The number of para-hydroxylation sites is 1. The van der Waals surface area contributed by atoms with E-state index in [-0.39, 0.29) is 22.1 Å². The summed E-state index contributed by atoms with van der Waals surface area (Å²) >= 11 is 5.72. The molecule has 142 valence electrons. The van der Waals surface area contributed by atoms with E-state index < -0.39 is 11.7 Å². The summed E-state index contributed by atoms with van der Waals surface area (Å²) in [5.41, 5.74) is 3.36. The van der Waals surface area contributed by atoms with E-state index in [9.17, 15) is 14.0 Å². The largest absolute Gasteiger partial charge is 0.322 e. The zero-order valence-electron chi connectivity index (χ0n) is 15.2. The van der Waals surface area contributed by atoms with Crippen molar-refractivity contribution in [2.24, 2.45) is 0 Å². The third kappa shape index (κ3) is 4.35. The Morgan fingerprint density at radius 2 is 1.54 bits per heavy atom. The lowest BCUT2D eigenvalue weighted by Crippen LogP contribution is -2.17. The van der Waals surface area contributed by atoms with E-state index in [0.717, 1.165) is 22.9 Å². The van der Waals surface area contributed by atoms with Crippen molar-refractivity contribution in [2.75, 3.05) is 10.6 Å². The lowest BCUT2D eigenvalue weighted by Gasteiger charge is -2.12. The SMILES string of the molecule is Cc1cccc(C)c1NC(=O)c1cncc(C(=O)Nc2ccc(F)c(Cl)c2)c1. The fourth-order valence-corrected chi connectivity index (χ4v) is 2.84. The van der Waals surface area contributed by atoms with E-state index in [4.69, 9.17) is 11.6 Å². The van der Waals surface area contributed by atoms with Gasteiger partial charge in [-0.3, -0.25) is 14.6 Å². The highest BCUT2D eigenvalue weighted by molar-refractivity contribution is 6.31. The van der Waals surface area contributed by atoms with Crippen LogP contribution in [0, 0.1) is 19.7 Å². The number of aromatic nitrogens is 1. The van der Waals surface area contributed by atoms with Crippen LogP contribution in [0.4, 0.5) is 15.8 Å². The Balaban J connectivity index is 1.78. The van der Waals surface area contributed by atoms with E-state index in [1.807, 2.05) is 32.0 Å². The lowest BCUT2D eigenvalue weighted by molar-refractivity contribution is 0.102. The molecule has 28 heavy (non-hydrogen) atoms. The monoisotopic (exact) mass is 397 g/mol. The average molecular weight is 398 g/mol. The van der Waals surface area contributed by atoms with E-state index in [0.29, 0.717) is 5.69 Å². The number of anilines is 2. The Bertz CT molecular complexity index is 1050. The van der Waals surface area contributed by atoms with Crippen molar-refractivity contribution in [1.82, 2.24) is 4.98 Å². The molecule has 5 nitrogen and oxygen atoms in total. The van der Waals surface area contributed by atoms with Gasteiger partial charge in [0.05, 0.1) is 16.1 Å². The summed E-state index contributed by atoms with van der Waals surface area (Å²) < 4.78 is 13.2. The standard InChI is InChI=1S/C21H17ClFN3O2/c1-12-4-3-5-13(2)19(12)26-21(28)15-8-14(10-24-11-15)20(27)25-16-6-7-18(23)17(22)9-16/h3-11H,1-2H3,(H,25,27)(H,26,28). The van der Waals surface area contributed by atoms with Crippen LogP contribution in [0.15, 0.2) is 54.9 Å². The van der Waals surface area contributed by atoms with E-state index in [1.54, 1.807) is 0 Å². The maximum absolute atomic E-state index is 13.2. The Morgan fingerprint density at radius 3 is 2.14 bits per heavy atom. The van der Waals surface area contributed by atoms with Crippen LogP contribution in [-0.4, -0.2) is 16.8 Å². The molecule has 2 aromatic carbocycles. The predicted octanol–water partition coefficient (Wildman–Crippen LogP) is 5.00. The van der Waals surface area contributed by atoms with Gasteiger partial charge in [0.25, 0.3) is 11.8 Å². The van der Waals surface area contributed by atoms with Crippen LogP contribution in [0.3, 0.4) is 0 Å². The average Bonchev–Trinajstić information content (AvgIpc) is 2.67. The first-order valence-electron chi connectivity index (χ1n) is 8.44. The van der Waals surface area contributed by atoms with Crippen LogP contribution in [0.25, 0.3) is 0 Å². The summed E-state index contributed by atoms with van der Waals surface area (Å²) in [6.45, 7) is 3.80. The smallest absolute Gasteiger partial charge is 0.257 e. The minimum absolute atomic E-state index is 0.0994. The first-order valence-corrected chi connectivity index (χ1v) is 8.82. The molecule has 2 amide bonds. The zero-order valence-corrected chi connectivity index (χ0v) is 16.0. The van der Waals surface area contributed by atoms with E-state index >= 15 is 0 Å². The molecular weight excluding hydrogens is 381 g/mol. The fraction of sp³-hybridized carbons (Fsp3) is 0.0952. The number of carbonyl (C=O) groups excluding carboxylic acids is 2. The summed E-state index contributed by atoms with van der Waals surface area (Å²) in [6, 6.07) is 11.0. The number of benzene rings is 2. The van der Waals surface area contributed by atoms with Gasteiger partial charge in [0.1, 0.15) is 5.82 Å². The minimum atomic E-state index is -0.577. The number of hydrogen-bond donors (Lipinski definition) is 2. The summed E-state index contributed by atoms with van der Waals surface area (Å²) in [4.78, 5) is 29.0. The highest BCUT2D eigenvalue weighted by Crippen LogP contribution is 2.21. The van der Waals surface area contributed by atoms with Crippen LogP contribution < -0.4 is 10.6 Å². The number of amides is 2. The number of rotatable bonds is 4. The van der Waals surface area contributed by atoms with Crippen molar-refractivity contribution in [3.05, 3.63) is 88.0 Å². The highest BCUT2D eigenvalue weighted by Gasteiger charge is 2.14. The molecule has 0 aliphatic heterocycles. The molecule has 0 fully saturated rings. The molecule has 0 unspecified atom stereocenters. The number of hydrogen-bond acceptors (Lipinski definition) is 3. The zero-order chi connectivity index (χ0) is 20.3. The van der Waals surface area contributed by atoms with Gasteiger partial charge in [0.15, 0.2) is 0 Å². The lowest BCUT2D eigenvalue weighted by atomic mass is 10.1. The minimum Gasteiger partial charge on any atom is -0.322 e. The highest BCUT2D eigenvalue weighted by atomic mass is 35.5. The molecule has 0 spiro atoms. The summed E-state index contributed by atoms with van der Waals surface area (Å²) in [5.74, 6) is -1.44. The molecule has 0 radical (unpaired) electrons. The van der Waals surface area contributed by atoms with Crippen molar-refractivity contribution in [2.45, 2.75) is 13.8 Å². The molecule has 0 aliphatic rings. The predicted molar refractivity (Wildman–Crippen MR) is 107 cm³/mol. The second kappa shape index (κ2) is 8.19. The summed E-state index contributed by atoms with van der Waals surface area (Å²) in [7, 11) is 0. The first-order chi connectivity index (χ1) is 13.3. The molecule has 0 bridgehead atoms. The Morgan fingerprint density at radius 1 is 0.929 bits per heavy atom. The van der Waals surface area contributed by atoms with Crippen molar-refractivity contribution in [3.63, 3.8) is 0 Å². The molecule has 1 heterocycles. The quantitative estimate of drug-likeness (QED) is 0.651. The molecular formula is C21H17ClFN3O2. The Hall–Kier alpha value is -3.25. The van der Waals surface area contributed by atoms with Gasteiger partial charge in [-0.1, -0.05) is 29.8 Å². The molecule has 7 heteroatoms. The van der Waals surface area contributed by atoms with Gasteiger partial charge in [-0.05, 0) is 49.2 Å². The van der Waals surface area contributed by atoms with Crippen LogP contribution >= 0.6 is 11.6 Å². The first kappa shape index (κ1) is 19.5. The van der Waals surface area contributed by atoms with Gasteiger partial charge in [-0.2, -0.15) is 0 Å². The summed E-state index contributed by atoms with van der Waals surface area (Å²) in [5, 5.41) is 5.35. The number of carbonyl (C=O) groups is 2. The molecule has 2 N–H and O–H groups in total. The van der Waals surface area contributed by atoms with E-state index in [2.05, 4.69) is 15.6 Å². The Kier molecular flexibility index (Phi) is 5.70. The van der Waals surface area contributed by atoms with Gasteiger partial charge < -0.3 is 10.6 Å². The van der Waals surface area contributed by atoms with Gasteiger partial charge in [0.2, 0.25) is 0 Å². The molecule has 1 aromatic heterocycles. The van der Waals surface area contributed by atoms with Gasteiger partial charge in [-0.15, -0.1) is 0 Å². The van der Waals surface area contributed by atoms with Crippen molar-refractivity contribution in [3.8, 4) is 0 Å².